The summed E-state index contributed by atoms with van der Waals surface area (Å²) in [7, 11) is 0. The maximum Gasteiger partial charge on any atom is 0.220 e. The van der Waals surface area contributed by atoms with E-state index in [2.05, 4.69) is 21.3 Å². The molecule has 1 aromatic heterocycles. The van der Waals surface area contributed by atoms with Crippen LogP contribution in [-0.4, -0.2) is 61.9 Å². The summed E-state index contributed by atoms with van der Waals surface area (Å²) in [5, 5.41) is 38.4. The van der Waals surface area contributed by atoms with Crippen molar-refractivity contribution >= 4 is 16.8 Å². The summed E-state index contributed by atoms with van der Waals surface area (Å²) in [5.41, 5.74) is 2.25. The zero-order chi connectivity index (χ0) is 26.1. The molecule has 1 aliphatic heterocycles. The van der Waals surface area contributed by atoms with Gasteiger partial charge in [-0.2, -0.15) is 0 Å². The fourth-order valence-corrected chi connectivity index (χ4v) is 8.07. The molecule has 2 heterocycles. The molecule has 3 aliphatic carbocycles. The van der Waals surface area contributed by atoms with Crippen LogP contribution >= 0.6 is 0 Å². The first-order valence-corrected chi connectivity index (χ1v) is 14.2. The summed E-state index contributed by atoms with van der Waals surface area (Å²) in [6.07, 6.45) is 8.81. The van der Waals surface area contributed by atoms with Crippen LogP contribution in [0.1, 0.15) is 61.6 Å². The molecule has 7 rings (SSSR count). The number of carbonyl (C=O) groups excluding carboxylic acids is 1. The molecule has 3 fully saturated rings. The third kappa shape index (κ3) is 3.66. The monoisotopic (exact) mass is 515 g/mol. The Bertz CT molecular complexity index is 1400. The van der Waals surface area contributed by atoms with E-state index in [0.29, 0.717) is 50.5 Å². The molecule has 2 aromatic carbocycles. The molecule has 1 saturated heterocycles. The lowest BCUT2D eigenvalue weighted by atomic mass is 9.48. The second kappa shape index (κ2) is 8.75. The van der Waals surface area contributed by atoms with Crippen molar-refractivity contribution in [1.82, 2.24) is 15.2 Å². The standard InChI is InChI=1S/C31H37N3O4/c35-25-9-7-20-15-26-31(38)12-11-22(33-27(36)10-8-21-17-32-24-4-2-1-3-23(21)24)16-30(31,28(20)29(25)37)13-14-34(26)18-19-5-6-19/h1-4,7,9,17,19,22,26,32,35,37-38H,5-6,8,10-16,18H2,(H,33,36). The first-order chi connectivity index (χ1) is 18.4. The topological polar surface area (TPSA) is 109 Å². The zero-order valence-corrected chi connectivity index (χ0v) is 21.7. The summed E-state index contributed by atoms with van der Waals surface area (Å²) in [4.78, 5) is 18.9. The Kier molecular flexibility index (Phi) is 5.53. The number of hydrogen-bond donors (Lipinski definition) is 5. The third-order valence-corrected chi connectivity index (χ3v) is 10.1. The van der Waals surface area contributed by atoms with Crippen LogP contribution < -0.4 is 5.32 Å². The number of phenolic OH excluding ortho intramolecular Hbond substituents is 2. The lowest BCUT2D eigenvalue weighted by Gasteiger charge is -2.64. The number of H-pyrrole nitrogens is 1. The fraction of sp³-hybridized carbons (Fsp3) is 0.516. The van der Waals surface area contributed by atoms with Gasteiger partial charge in [0, 0.05) is 53.1 Å². The maximum atomic E-state index is 13.1. The number of likely N-dealkylation sites (tertiary alicyclic amines) is 1. The summed E-state index contributed by atoms with van der Waals surface area (Å²) in [5.74, 6) is 0.514. The van der Waals surface area contributed by atoms with Gasteiger partial charge in [-0.05, 0) is 87.1 Å². The maximum absolute atomic E-state index is 13.1. The number of para-hydroxylation sites is 1. The number of rotatable bonds is 6. The number of aliphatic hydroxyl groups is 1. The van der Waals surface area contributed by atoms with Crippen molar-refractivity contribution in [2.24, 2.45) is 5.92 Å². The predicted octanol–water partition coefficient (Wildman–Crippen LogP) is 3.89. The minimum absolute atomic E-state index is 0.00758. The number of nitrogens with zero attached hydrogens (tertiary/aromatic N) is 1. The van der Waals surface area contributed by atoms with Gasteiger partial charge in [0.05, 0.1) is 5.60 Å². The highest BCUT2D eigenvalue weighted by atomic mass is 16.3. The Morgan fingerprint density at radius 3 is 2.79 bits per heavy atom. The van der Waals surface area contributed by atoms with Crippen LogP contribution in [0.15, 0.2) is 42.6 Å². The molecule has 0 radical (unpaired) electrons. The second-order valence-corrected chi connectivity index (χ2v) is 12.2. The number of aromatic hydroxyl groups is 2. The van der Waals surface area contributed by atoms with Crippen LogP contribution in [0.3, 0.4) is 0 Å². The summed E-state index contributed by atoms with van der Waals surface area (Å²) < 4.78 is 0. The van der Waals surface area contributed by atoms with E-state index in [1.54, 1.807) is 6.07 Å². The highest BCUT2D eigenvalue weighted by Crippen LogP contribution is 2.61. The van der Waals surface area contributed by atoms with Gasteiger partial charge in [0.15, 0.2) is 11.5 Å². The van der Waals surface area contributed by atoms with Crippen LogP contribution in [0.5, 0.6) is 11.5 Å². The van der Waals surface area contributed by atoms with E-state index in [-0.39, 0.29) is 29.5 Å². The Morgan fingerprint density at radius 1 is 1.11 bits per heavy atom. The Morgan fingerprint density at radius 2 is 1.95 bits per heavy atom. The molecule has 5 N–H and O–H groups in total. The number of amides is 1. The molecule has 4 aliphatic rings. The molecular weight excluding hydrogens is 478 g/mol. The fourth-order valence-electron chi connectivity index (χ4n) is 8.07. The molecule has 4 atom stereocenters. The van der Waals surface area contributed by atoms with Gasteiger partial charge in [0.1, 0.15) is 0 Å². The summed E-state index contributed by atoms with van der Waals surface area (Å²) >= 11 is 0. The molecule has 0 spiro atoms. The number of carbonyl (C=O) groups is 1. The van der Waals surface area contributed by atoms with E-state index >= 15 is 0 Å². The number of aromatic nitrogens is 1. The lowest BCUT2D eigenvalue weighted by molar-refractivity contribution is -0.172. The van der Waals surface area contributed by atoms with Crippen LogP contribution in [0.25, 0.3) is 10.9 Å². The average Bonchev–Trinajstić information content (AvgIpc) is 3.63. The van der Waals surface area contributed by atoms with E-state index in [4.69, 9.17) is 0 Å². The SMILES string of the molecule is O=C(CCc1c[nH]c2ccccc12)NC1CCC2(O)C3Cc4ccc(O)c(O)c4C2(CCN3CC2CC2)C1. The Labute approximate surface area is 222 Å². The quantitative estimate of drug-likeness (QED) is 0.320. The van der Waals surface area contributed by atoms with Gasteiger partial charge < -0.3 is 25.6 Å². The third-order valence-electron chi connectivity index (χ3n) is 10.1. The molecule has 38 heavy (non-hydrogen) atoms. The highest BCUT2D eigenvalue weighted by molar-refractivity contribution is 5.84. The molecule has 2 bridgehead atoms. The van der Waals surface area contributed by atoms with Gasteiger partial charge in [-0.1, -0.05) is 24.3 Å². The lowest BCUT2D eigenvalue weighted by Crippen LogP contribution is -2.74. The van der Waals surface area contributed by atoms with Crippen LogP contribution in [-0.2, 0) is 23.1 Å². The van der Waals surface area contributed by atoms with Crippen molar-refractivity contribution in [2.45, 2.75) is 80.9 Å². The first kappa shape index (κ1) is 24.0. The molecular formula is C31H37N3O4. The van der Waals surface area contributed by atoms with Gasteiger partial charge in [0.25, 0.3) is 0 Å². The number of piperidine rings is 1. The summed E-state index contributed by atoms with van der Waals surface area (Å²) in [6.45, 7) is 1.88. The van der Waals surface area contributed by atoms with Crippen LogP contribution in [0.4, 0.5) is 0 Å². The van der Waals surface area contributed by atoms with Crippen molar-refractivity contribution in [2.75, 3.05) is 13.1 Å². The van der Waals surface area contributed by atoms with Gasteiger partial charge in [-0.3, -0.25) is 9.69 Å². The second-order valence-electron chi connectivity index (χ2n) is 12.2. The van der Waals surface area contributed by atoms with Crippen molar-refractivity contribution in [3.8, 4) is 11.5 Å². The summed E-state index contributed by atoms with van der Waals surface area (Å²) in [6, 6.07) is 11.5. The van der Waals surface area contributed by atoms with Crippen LogP contribution in [0, 0.1) is 5.92 Å². The first-order valence-electron chi connectivity index (χ1n) is 14.2. The number of hydrogen-bond acceptors (Lipinski definition) is 5. The van der Waals surface area contributed by atoms with Gasteiger partial charge >= 0.3 is 0 Å². The largest absolute Gasteiger partial charge is 0.504 e. The van der Waals surface area contributed by atoms with E-state index in [0.717, 1.165) is 41.0 Å². The smallest absolute Gasteiger partial charge is 0.220 e. The van der Waals surface area contributed by atoms with E-state index in [9.17, 15) is 20.1 Å². The van der Waals surface area contributed by atoms with Crippen LogP contribution in [0.2, 0.25) is 0 Å². The highest BCUT2D eigenvalue weighted by Gasteiger charge is 2.65. The molecule has 3 aromatic rings. The van der Waals surface area contributed by atoms with Crippen molar-refractivity contribution in [1.29, 1.82) is 0 Å². The number of aromatic amines is 1. The number of phenols is 2. The van der Waals surface area contributed by atoms with Gasteiger partial charge in [-0.15, -0.1) is 0 Å². The molecule has 200 valence electrons. The van der Waals surface area contributed by atoms with Crippen molar-refractivity contribution < 1.29 is 20.1 Å². The normalized spacial score (nSPS) is 30.6. The van der Waals surface area contributed by atoms with E-state index < -0.39 is 11.0 Å². The van der Waals surface area contributed by atoms with Gasteiger partial charge in [0.2, 0.25) is 5.91 Å². The molecule has 1 amide bonds. The molecule has 2 saturated carbocycles. The number of aryl methyl sites for hydroxylation is 1. The zero-order valence-electron chi connectivity index (χ0n) is 21.7. The Balaban J connectivity index is 1.14. The molecule has 4 unspecified atom stereocenters. The van der Waals surface area contributed by atoms with Gasteiger partial charge in [-0.25, -0.2) is 0 Å². The average molecular weight is 516 g/mol. The van der Waals surface area contributed by atoms with E-state index in [1.165, 1.54) is 12.8 Å². The number of fused-ring (bicyclic) bond motifs is 2. The Hall–Kier alpha value is -3.03. The number of benzene rings is 2. The minimum atomic E-state index is -0.996. The van der Waals surface area contributed by atoms with Crippen molar-refractivity contribution in [3.63, 3.8) is 0 Å². The van der Waals surface area contributed by atoms with Crippen molar-refractivity contribution in [3.05, 3.63) is 59.3 Å². The predicted molar refractivity (Wildman–Crippen MR) is 145 cm³/mol. The molecule has 7 nitrogen and oxygen atoms in total. The molecule has 7 heteroatoms. The minimum Gasteiger partial charge on any atom is -0.504 e. The number of nitrogens with one attached hydrogen (secondary N) is 2. The van der Waals surface area contributed by atoms with E-state index in [1.807, 2.05) is 30.5 Å².